The minimum atomic E-state index is -1.87. The van der Waals surface area contributed by atoms with Crippen LogP contribution in [0.25, 0.3) is 0 Å². The summed E-state index contributed by atoms with van der Waals surface area (Å²) in [5.41, 5.74) is 11.3. The van der Waals surface area contributed by atoms with E-state index in [0.29, 0.717) is 17.9 Å². The van der Waals surface area contributed by atoms with E-state index >= 15 is 0 Å². The third-order valence-electron chi connectivity index (χ3n) is 8.39. The number of aromatic hydroxyl groups is 1. The van der Waals surface area contributed by atoms with Crippen molar-refractivity contribution in [2.45, 2.75) is 109 Å². The summed E-state index contributed by atoms with van der Waals surface area (Å²) in [5, 5.41) is 35.9. The molecule has 1 heterocycles. The van der Waals surface area contributed by atoms with Gasteiger partial charge in [-0.15, -0.1) is 0 Å². The van der Waals surface area contributed by atoms with Crippen LogP contribution in [0.5, 0.6) is 5.75 Å². The smallest absolute Gasteiger partial charge is 0.245 e. The topological polar surface area (TPSA) is 284 Å². The summed E-state index contributed by atoms with van der Waals surface area (Å²) in [6.07, 6.45) is -1.08. The SMILES string of the molecule is CC(C)CCC[C@@H]1NC(=O)CNC(=O)[C@@H](Cc2ccc(O)c(Cl)c2)NC(=O)[C@H]([C@H](O)CC(N)=O)NC(=O)[C@@H](CCCN)NC(=O)[C@@H](C(C)C)NC1=O. The molecule has 7 amide bonds. The number of nitrogens with two attached hydrogens (primary N) is 2. The van der Waals surface area contributed by atoms with Crippen LogP contribution in [-0.2, 0) is 40.0 Å². The number of phenolic OH excluding ortho intramolecular Hbond substituents is 1. The molecule has 0 spiro atoms. The first-order valence-electron chi connectivity index (χ1n) is 17.4. The molecule has 12 N–H and O–H groups in total. The predicted octanol–water partition coefficient (Wildman–Crippen LogP) is -1.40. The lowest BCUT2D eigenvalue weighted by Gasteiger charge is -2.30. The van der Waals surface area contributed by atoms with Crippen molar-refractivity contribution in [3.05, 3.63) is 28.8 Å². The van der Waals surface area contributed by atoms with Crippen LogP contribution in [0.2, 0.25) is 5.02 Å². The van der Waals surface area contributed by atoms with Gasteiger partial charge < -0.3 is 53.6 Å². The zero-order valence-electron chi connectivity index (χ0n) is 30.0. The fourth-order valence-electron chi connectivity index (χ4n) is 5.47. The number of benzene rings is 1. The van der Waals surface area contributed by atoms with Gasteiger partial charge in [0.15, 0.2) is 0 Å². The molecule has 18 heteroatoms. The molecular weight excluding hydrogens is 700 g/mol. The molecular formula is C34H53ClN8O9. The van der Waals surface area contributed by atoms with Crippen molar-refractivity contribution in [3.8, 4) is 5.75 Å². The Morgan fingerprint density at radius 1 is 0.827 bits per heavy atom. The van der Waals surface area contributed by atoms with Gasteiger partial charge in [0.2, 0.25) is 41.4 Å². The van der Waals surface area contributed by atoms with Gasteiger partial charge in [0, 0.05) is 6.42 Å². The molecule has 0 aliphatic carbocycles. The number of amides is 7. The van der Waals surface area contributed by atoms with Crippen molar-refractivity contribution >= 4 is 53.0 Å². The first-order valence-corrected chi connectivity index (χ1v) is 17.7. The maximum Gasteiger partial charge on any atom is 0.245 e. The third kappa shape index (κ3) is 14.3. The summed E-state index contributed by atoms with van der Waals surface area (Å²) >= 11 is 6.06. The Balaban J connectivity index is 2.61. The Hall–Kier alpha value is -4.48. The van der Waals surface area contributed by atoms with Crippen molar-refractivity contribution in [1.82, 2.24) is 31.9 Å². The van der Waals surface area contributed by atoms with E-state index in [1.54, 1.807) is 13.8 Å². The van der Waals surface area contributed by atoms with Crippen LogP contribution < -0.4 is 43.4 Å². The first-order chi connectivity index (χ1) is 24.4. The second-order valence-corrected chi connectivity index (χ2v) is 14.1. The molecule has 1 aliphatic rings. The van der Waals surface area contributed by atoms with Crippen LogP contribution in [0.3, 0.4) is 0 Å². The van der Waals surface area contributed by atoms with Crippen molar-refractivity contribution < 1.29 is 43.8 Å². The second kappa shape index (κ2) is 21.1. The number of phenols is 1. The van der Waals surface area contributed by atoms with E-state index in [-0.39, 0.29) is 43.0 Å². The van der Waals surface area contributed by atoms with E-state index in [2.05, 4.69) is 31.9 Å². The number of hydrogen-bond acceptors (Lipinski definition) is 10. The summed E-state index contributed by atoms with van der Waals surface area (Å²) in [5.74, 6) is -6.39. The molecule has 0 radical (unpaired) electrons. The fraction of sp³-hybridized carbons (Fsp3) is 0.618. The Bertz CT molecular complexity index is 1440. The van der Waals surface area contributed by atoms with E-state index in [0.717, 1.165) is 6.42 Å². The van der Waals surface area contributed by atoms with E-state index in [4.69, 9.17) is 23.1 Å². The molecule has 1 aromatic carbocycles. The Kier molecular flexibility index (Phi) is 17.8. The Morgan fingerprint density at radius 2 is 1.40 bits per heavy atom. The van der Waals surface area contributed by atoms with Gasteiger partial charge in [0.05, 0.1) is 24.1 Å². The summed E-state index contributed by atoms with van der Waals surface area (Å²) in [7, 11) is 0. The minimum absolute atomic E-state index is 0.00633. The van der Waals surface area contributed by atoms with Crippen LogP contribution in [0.4, 0.5) is 0 Å². The second-order valence-electron chi connectivity index (χ2n) is 13.7. The molecule has 6 atom stereocenters. The van der Waals surface area contributed by atoms with Crippen LogP contribution in [0, 0.1) is 11.8 Å². The number of rotatable bonds is 13. The average molecular weight is 753 g/mol. The van der Waals surface area contributed by atoms with Gasteiger partial charge in [0.1, 0.15) is 36.0 Å². The number of hydrogen-bond donors (Lipinski definition) is 10. The van der Waals surface area contributed by atoms with Crippen molar-refractivity contribution in [1.29, 1.82) is 0 Å². The number of halogens is 1. The molecule has 0 aromatic heterocycles. The van der Waals surface area contributed by atoms with E-state index in [1.165, 1.54) is 18.2 Å². The molecule has 0 unspecified atom stereocenters. The standard InChI is InChI=1S/C34H53ClN8O9/c1-17(2)7-5-8-21-31(49)42-28(18(3)4)33(51)40-22(9-6-12-36)32(50)43-29(25(45)15-26(37)46)34(52)41-23(30(48)38-16-27(47)39-21)14-19-10-11-24(44)20(35)13-19/h10-11,13,17-18,21-23,25,28-29,44-45H,5-9,12,14-16,36H2,1-4H3,(H2,37,46)(H,38,48)(H,39,47)(H,40,51)(H,41,52)(H,42,49)(H,43,50)/t21-,22+,23+,25+,28+,29-/m0/s1. The zero-order chi connectivity index (χ0) is 39.1. The van der Waals surface area contributed by atoms with Gasteiger partial charge in [-0.3, -0.25) is 33.6 Å². The highest BCUT2D eigenvalue weighted by Gasteiger charge is 2.36. The molecule has 17 nitrogen and oxygen atoms in total. The zero-order valence-corrected chi connectivity index (χ0v) is 30.8. The number of carbonyl (C=O) groups excluding carboxylic acids is 7. The van der Waals surface area contributed by atoms with Gasteiger partial charge in [-0.05, 0) is 55.3 Å². The molecule has 290 valence electrons. The lowest BCUT2D eigenvalue weighted by Crippen LogP contribution is -2.63. The van der Waals surface area contributed by atoms with Crippen LogP contribution in [-0.4, -0.2) is 101 Å². The average Bonchev–Trinajstić information content (AvgIpc) is 3.06. The number of aliphatic hydroxyl groups is 1. The third-order valence-corrected chi connectivity index (χ3v) is 8.69. The van der Waals surface area contributed by atoms with Crippen molar-refractivity contribution in [3.63, 3.8) is 0 Å². The van der Waals surface area contributed by atoms with Gasteiger partial charge in [-0.1, -0.05) is 58.2 Å². The van der Waals surface area contributed by atoms with E-state index < -0.39 is 96.5 Å². The summed E-state index contributed by atoms with van der Waals surface area (Å²) in [4.78, 5) is 93.1. The molecule has 1 aromatic rings. The van der Waals surface area contributed by atoms with Crippen LogP contribution >= 0.6 is 11.6 Å². The van der Waals surface area contributed by atoms with Gasteiger partial charge in [-0.2, -0.15) is 0 Å². The fourth-order valence-corrected chi connectivity index (χ4v) is 5.68. The highest BCUT2D eigenvalue weighted by molar-refractivity contribution is 6.32. The highest BCUT2D eigenvalue weighted by Crippen LogP contribution is 2.24. The maximum absolute atomic E-state index is 13.7. The Morgan fingerprint density at radius 3 is 1.98 bits per heavy atom. The number of primary amides is 1. The lowest BCUT2D eigenvalue weighted by molar-refractivity contribution is -0.138. The molecule has 2 rings (SSSR count). The van der Waals surface area contributed by atoms with Gasteiger partial charge in [0.25, 0.3) is 0 Å². The predicted molar refractivity (Wildman–Crippen MR) is 191 cm³/mol. The number of carbonyl (C=O) groups is 7. The summed E-state index contributed by atoms with van der Waals surface area (Å²) < 4.78 is 0. The summed E-state index contributed by atoms with van der Waals surface area (Å²) in [6.45, 7) is 6.89. The van der Waals surface area contributed by atoms with E-state index in [9.17, 15) is 43.8 Å². The van der Waals surface area contributed by atoms with Crippen molar-refractivity contribution in [2.24, 2.45) is 23.3 Å². The molecule has 1 fully saturated rings. The minimum Gasteiger partial charge on any atom is -0.506 e. The molecule has 0 saturated carbocycles. The molecule has 1 saturated heterocycles. The summed E-state index contributed by atoms with van der Waals surface area (Å²) in [6, 6.07) is -2.79. The quantitative estimate of drug-likeness (QED) is 0.112. The van der Waals surface area contributed by atoms with Crippen LogP contribution in [0.15, 0.2) is 18.2 Å². The van der Waals surface area contributed by atoms with Crippen molar-refractivity contribution in [2.75, 3.05) is 13.1 Å². The maximum atomic E-state index is 13.7. The lowest BCUT2D eigenvalue weighted by atomic mass is 9.99. The first kappa shape index (κ1) is 43.7. The largest absolute Gasteiger partial charge is 0.506 e. The monoisotopic (exact) mass is 752 g/mol. The molecule has 0 bridgehead atoms. The van der Waals surface area contributed by atoms with Gasteiger partial charge in [-0.25, -0.2) is 0 Å². The normalized spacial score (nSPS) is 23.4. The number of aliphatic hydroxyl groups excluding tert-OH is 1. The highest BCUT2D eigenvalue weighted by atomic mass is 35.5. The van der Waals surface area contributed by atoms with Crippen LogP contribution in [0.1, 0.15) is 71.8 Å². The molecule has 1 aliphatic heterocycles. The number of nitrogens with one attached hydrogen (secondary N) is 6. The van der Waals surface area contributed by atoms with Gasteiger partial charge >= 0.3 is 0 Å². The molecule has 52 heavy (non-hydrogen) atoms. The Labute approximate surface area is 308 Å². The van der Waals surface area contributed by atoms with E-state index in [1.807, 2.05) is 13.8 Å².